The van der Waals surface area contributed by atoms with Crippen LogP contribution >= 0.6 is 0 Å². The second-order valence-corrected chi connectivity index (χ2v) is 8.04. The average Bonchev–Trinajstić information content (AvgIpc) is 2.97. The molecule has 2 aromatic carbocycles. The van der Waals surface area contributed by atoms with E-state index >= 15 is 0 Å². The molecule has 0 amide bonds. The second kappa shape index (κ2) is 7.44. The fourth-order valence-corrected chi connectivity index (χ4v) is 4.42. The van der Waals surface area contributed by atoms with Crippen LogP contribution in [0.25, 0.3) is 0 Å². The van der Waals surface area contributed by atoms with E-state index in [0.29, 0.717) is 11.4 Å². The van der Waals surface area contributed by atoms with Crippen molar-refractivity contribution in [3.63, 3.8) is 0 Å². The van der Waals surface area contributed by atoms with Crippen LogP contribution < -0.4 is 10.0 Å². The molecule has 0 fully saturated rings. The summed E-state index contributed by atoms with van der Waals surface area (Å²) >= 11 is 0. The Morgan fingerprint density at radius 1 is 1.00 bits per heavy atom. The second-order valence-electron chi connectivity index (χ2n) is 6.42. The van der Waals surface area contributed by atoms with Gasteiger partial charge in [0.15, 0.2) is 10.7 Å². The lowest BCUT2D eigenvalue weighted by Crippen LogP contribution is -2.14. The van der Waals surface area contributed by atoms with Crippen LogP contribution in [0.2, 0.25) is 0 Å². The Morgan fingerprint density at radius 2 is 1.67 bits per heavy atom. The summed E-state index contributed by atoms with van der Waals surface area (Å²) in [7, 11) is -3.75. The molecule has 27 heavy (non-hydrogen) atoms. The van der Waals surface area contributed by atoms with Gasteiger partial charge in [-0.2, -0.15) is 0 Å². The van der Waals surface area contributed by atoms with Crippen LogP contribution in [0.15, 0.2) is 51.9 Å². The van der Waals surface area contributed by atoms with Gasteiger partial charge in [0.1, 0.15) is 5.69 Å². The number of aromatic nitrogens is 1. The van der Waals surface area contributed by atoms with E-state index in [9.17, 15) is 8.42 Å². The Kier molecular flexibility index (Phi) is 5.23. The molecule has 0 aliphatic rings. The van der Waals surface area contributed by atoms with E-state index in [1.54, 1.807) is 26.0 Å². The van der Waals surface area contributed by atoms with Gasteiger partial charge in [-0.05, 0) is 62.6 Å². The van der Waals surface area contributed by atoms with Crippen molar-refractivity contribution in [3.8, 4) is 0 Å². The third kappa shape index (κ3) is 3.98. The maximum Gasteiger partial charge on any atom is 0.267 e. The van der Waals surface area contributed by atoms with E-state index in [4.69, 9.17) is 4.52 Å². The van der Waals surface area contributed by atoms with Crippen molar-refractivity contribution in [2.75, 3.05) is 10.0 Å². The zero-order chi connectivity index (χ0) is 19.6. The van der Waals surface area contributed by atoms with E-state index in [2.05, 4.69) is 41.2 Å². The molecular formula is C20H23N3O3S. The Hall–Kier alpha value is -2.80. The number of rotatable bonds is 6. The molecule has 7 heteroatoms. The maximum atomic E-state index is 12.6. The molecule has 6 nitrogen and oxygen atoms in total. The van der Waals surface area contributed by atoms with Crippen molar-refractivity contribution in [2.45, 2.75) is 39.0 Å². The third-order valence-corrected chi connectivity index (χ3v) is 6.01. The highest BCUT2D eigenvalue weighted by Gasteiger charge is 2.24. The molecule has 1 heterocycles. The Morgan fingerprint density at radius 3 is 2.26 bits per heavy atom. The van der Waals surface area contributed by atoms with Gasteiger partial charge in [-0.25, -0.2) is 8.42 Å². The zero-order valence-electron chi connectivity index (χ0n) is 15.8. The topological polar surface area (TPSA) is 84.2 Å². The van der Waals surface area contributed by atoms with Crippen LogP contribution in [0.3, 0.4) is 0 Å². The summed E-state index contributed by atoms with van der Waals surface area (Å²) in [6.45, 7) is 7.36. The first-order chi connectivity index (χ1) is 12.8. The number of sulfonamides is 1. The summed E-state index contributed by atoms with van der Waals surface area (Å²) in [5, 5.41) is 7.13. The normalized spacial score (nSPS) is 11.4. The lowest BCUT2D eigenvalue weighted by atomic mass is 10.1. The van der Waals surface area contributed by atoms with Crippen LogP contribution in [0.1, 0.15) is 29.5 Å². The van der Waals surface area contributed by atoms with E-state index < -0.39 is 10.0 Å². The number of hydrogen-bond donors (Lipinski definition) is 2. The molecule has 0 aliphatic heterocycles. The van der Waals surface area contributed by atoms with Crippen LogP contribution in [0, 0.1) is 20.8 Å². The quantitative estimate of drug-likeness (QED) is 0.642. The van der Waals surface area contributed by atoms with E-state index in [-0.39, 0.29) is 10.7 Å². The molecule has 2 N–H and O–H groups in total. The summed E-state index contributed by atoms with van der Waals surface area (Å²) in [6, 6.07) is 13.3. The van der Waals surface area contributed by atoms with Gasteiger partial charge in [0.05, 0.1) is 0 Å². The van der Waals surface area contributed by atoms with Crippen molar-refractivity contribution in [1.82, 2.24) is 5.16 Å². The molecule has 0 atom stereocenters. The average molecular weight is 385 g/mol. The predicted molar refractivity (Wildman–Crippen MR) is 107 cm³/mol. The number of nitrogens with one attached hydrogen (secondary N) is 2. The van der Waals surface area contributed by atoms with Crippen LogP contribution in [-0.4, -0.2) is 13.6 Å². The van der Waals surface area contributed by atoms with Crippen LogP contribution in [-0.2, 0) is 16.4 Å². The van der Waals surface area contributed by atoms with Crippen LogP contribution in [0.4, 0.5) is 17.1 Å². The molecule has 0 spiro atoms. The van der Waals surface area contributed by atoms with E-state index in [1.165, 1.54) is 5.56 Å². The minimum Gasteiger partial charge on any atom is -0.360 e. The molecule has 3 rings (SSSR count). The Balaban J connectivity index is 1.81. The number of para-hydroxylation sites is 1. The van der Waals surface area contributed by atoms with E-state index in [0.717, 1.165) is 23.4 Å². The number of aryl methyl sites for hydroxylation is 4. The van der Waals surface area contributed by atoms with Gasteiger partial charge in [-0.1, -0.05) is 30.3 Å². The van der Waals surface area contributed by atoms with Crippen molar-refractivity contribution in [3.05, 3.63) is 65.0 Å². The molecule has 0 saturated carbocycles. The van der Waals surface area contributed by atoms with Gasteiger partial charge in [-0.3, -0.25) is 4.72 Å². The highest BCUT2D eigenvalue weighted by molar-refractivity contribution is 7.92. The summed E-state index contributed by atoms with van der Waals surface area (Å²) in [4.78, 5) is 0.0807. The number of hydrogen-bond acceptors (Lipinski definition) is 5. The summed E-state index contributed by atoms with van der Waals surface area (Å²) in [6.07, 6.45) is 0.930. The van der Waals surface area contributed by atoms with Crippen molar-refractivity contribution >= 4 is 27.1 Å². The number of nitrogens with zero attached hydrogens (tertiary/aromatic N) is 1. The molecule has 0 unspecified atom stereocenters. The predicted octanol–water partition coefficient (Wildman–Crippen LogP) is 4.71. The summed E-state index contributed by atoms with van der Waals surface area (Å²) < 4.78 is 32.7. The van der Waals surface area contributed by atoms with Gasteiger partial charge < -0.3 is 9.84 Å². The van der Waals surface area contributed by atoms with Gasteiger partial charge in [-0.15, -0.1) is 0 Å². The highest BCUT2D eigenvalue weighted by Crippen LogP contribution is 2.27. The standard InChI is InChI=1S/C20H23N3O3S/c1-5-16-8-6-7-13(2)19(16)21-17-9-11-18(12-10-17)23-27(24,25)20-14(3)22-26-15(20)4/h6-12,21,23H,5H2,1-4H3. The lowest BCUT2D eigenvalue weighted by Gasteiger charge is -2.14. The first-order valence-electron chi connectivity index (χ1n) is 8.73. The monoisotopic (exact) mass is 385 g/mol. The Labute approximate surface area is 159 Å². The van der Waals surface area contributed by atoms with Crippen molar-refractivity contribution in [1.29, 1.82) is 0 Å². The molecule has 1 aromatic heterocycles. The largest absolute Gasteiger partial charge is 0.360 e. The molecule has 3 aromatic rings. The smallest absolute Gasteiger partial charge is 0.267 e. The summed E-state index contributed by atoms with van der Waals surface area (Å²) in [5.74, 6) is 0.268. The van der Waals surface area contributed by atoms with Gasteiger partial charge >= 0.3 is 0 Å². The van der Waals surface area contributed by atoms with E-state index in [1.807, 2.05) is 18.2 Å². The highest BCUT2D eigenvalue weighted by atomic mass is 32.2. The number of anilines is 3. The van der Waals surface area contributed by atoms with Gasteiger partial charge in [0.2, 0.25) is 0 Å². The molecule has 0 saturated heterocycles. The molecule has 0 bridgehead atoms. The van der Waals surface area contributed by atoms with Crippen molar-refractivity contribution in [2.24, 2.45) is 0 Å². The third-order valence-electron chi connectivity index (χ3n) is 4.38. The lowest BCUT2D eigenvalue weighted by molar-refractivity contribution is 0.390. The number of benzene rings is 2. The van der Waals surface area contributed by atoms with Crippen molar-refractivity contribution < 1.29 is 12.9 Å². The minimum atomic E-state index is -3.75. The molecule has 0 radical (unpaired) electrons. The maximum absolute atomic E-state index is 12.6. The zero-order valence-corrected chi connectivity index (χ0v) is 16.6. The molecule has 142 valence electrons. The minimum absolute atomic E-state index is 0.0807. The van der Waals surface area contributed by atoms with Crippen LogP contribution in [0.5, 0.6) is 0 Å². The first-order valence-corrected chi connectivity index (χ1v) is 10.2. The molecule has 0 aliphatic carbocycles. The first kappa shape index (κ1) is 19.0. The van der Waals surface area contributed by atoms with Gasteiger partial charge in [0, 0.05) is 17.1 Å². The summed E-state index contributed by atoms with van der Waals surface area (Å²) in [5.41, 5.74) is 5.19. The molecular weight excluding hydrogens is 362 g/mol. The Bertz CT molecular complexity index is 1040. The SMILES string of the molecule is CCc1cccc(C)c1Nc1ccc(NS(=O)(=O)c2c(C)noc2C)cc1. The fraction of sp³-hybridized carbons (Fsp3) is 0.250. The van der Waals surface area contributed by atoms with Gasteiger partial charge in [0.25, 0.3) is 10.0 Å². The fourth-order valence-electron chi connectivity index (χ4n) is 3.03.